The summed E-state index contributed by atoms with van der Waals surface area (Å²) >= 11 is 6.03. The van der Waals surface area contributed by atoms with Gasteiger partial charge in [0.15, 0.2) is 0 Å². The van der Waals surface area contributed by atoms with Crippen LogP contribution >= 0.6 is 11.6 Å². The van der Waals surface area contributed by atoms with E-state index in [2.05, 4.69) is 16.4 Å². The summed E-state index contributed by atoms with van der Waals surface area (Å²) < 4.78 is 4.97. The highest BCUT2D eigenvalue weighted by atomic mass is 35.5. The number of anilines is 1. The third kappa shape index (κ3) is 2.86. The SMILES string of the molecule is COCC(Cl)CNc1ccc2c(n1)CCC2. The van der Waals surface area contributed by atoms with Crippen molar-refractivity contribution in [3.8, 4) is 0 Å². The summed E-state index contributed by atoms with van der Waals surface area (Å²) in [6.07, 6.45) is 3.51. The first kappa shape index (κ1) is 11.7. The van der Waals surface area contributed by atoms with Gasteiger partial charge in [-0.2, -0.15) is 0 Å². The molecule has 0 saturated carbocycles. The predicted octanol–water partition coefficient (Wildman–Crippen LogP) is 2.24. The lowest BCUT2D eigenvalue weighted by Gasteiger charge is -2.11. The average molecular weight is 241 g/mol. The van der Waals surface area contributed by atoms with Crippen LogP contribution in [0.4, 0.5) is 5.82 Å². The number of nitrogens with zero attached hydrogens (tertiary/aromatic N) is 1. The van der Waals surface area contributed by atoms with Crippen LogP contribution in [0.15, 0.2) is 12.1 Å². The van der Waals surface area contributed by atoms with Gasteiger partial charge in [0.25, 0.3) is 0 Å². The Bertz CT molecular complexity index is 357. The molecule has 1 aromatic heterocycles. The summed E-state index contributed by atoms with van der Waals surface area (Å²) in [5, 5.41) is 3.22. The molecule has 0 saturated heterocycles. The molecule has 1 aromatic rings. The van der Waals surface area contributed by atoms with Crippen molar-refractivity contribution in [3.63, 3.8) is 0 Å². The summed E-state index contributed by atoms with van der Waals surface area (Å²) in [5.74, 6) is 0.919. The molecular formula is C12H17ClN2O. The van der Waals surface area contributed by atoms with E-state index in [0.29, 0.717) is 13.2 Å². The maximum Gasteiger partial charge on any atom is 0.126 e. The number of hydrogen-bond acceptors (Lipinski definition) is 3. The number of fused-ring (bicyclic) bond motifs is 1. The third-order valence-electron chi connectivity index (χ3n) is 2.78. The molecule has 88 valence electrons. The number of hydrogen-bond donors (Lipinski definition) is 1. The van der Waals surface area contributed by atoms with Gasteiger partial charge in [0.05, 0.1) is 12.0 Å². The van der Waals surface area contributed by atoms with Crippen molar-refractivity contribution in [2.24, 2.45) is 0 Å². The topological polar surface area (TPSA) is 34.1 Å². The number of nitrogens with one attached hydrogen (secondary N) is 1. The van der Waals surface area contributed by atoms with Crippen LogP contribution in [0.25, 0.3) is 0 Å². The molecule has 2 rings (SSSR count). The fourth-order valence-electron chi connectivity index (χ4n) is 1.97. The summed E-state index contributed by atoms with van der Waals surface area (Å²) in [6, 6.07) is 4.19. The molecule has 1 heterocycles. The molecular weight excluding hydrogens is 224 g/mol. The van der Waals surface area contributed by atoms with Crippen molar-refractivity contribution in [2.45, 2.75) is 24.6 Å². The van der Waals surface area contributed by atoms with Gasteiger partial charge in [-0.3, -0.25) is 0 Å². The van der Waals surface area contributed by atoms with E-state index in [1.54, 1.807) is 7.11 Å². The lowest BCUT2D eigenvalue weighted by Crippen LogP contribution is -2.19. The van der Waals surface area contributed by atoms with Crippen LogP contribution in [0, 0.1) is 0 Å². The summed E-state index contributed by atoms with van der Waals surface area (Å²) in [6.45, 7) is 1.24. The smallest absolute Gasteiger partial charge is 0.126 e. The minimum atomic E-state index is -0.0138. The number of aromatic nitrogens is 1. The van der Waals surface area contributed by atoms with Crippen molar-refractivity contribution in [2.75, 3.05) is 25.6 Å². The molecule has 0 radical (unpaired) electrons. The lowest BCUT2D eigenvalue weighted by atomic mass is 10.2. The van der Waals surface area contributed by atoms with Gasteiger partial charge < -0.3 is 10.1 Å². The van der Waals surface area contributed by atoms with E-state index < -0.39 is 0 Å². The summed E-state index contributed by atoms with van der Waals surface area (Å²) in [7, 11) is 1.66. The number of ether oxygens (including phenoxy) is 1. The molecule has 4 heteroatoms. The van der Waals surface area contributed by atoms with E-state index in [1.807, 2.05) is 6.07 Å². The van der Waals surface area contributed by atoms with Crippen LogP contribution in [0.1, 0.15) is 17.7 Å². The Kier molecular flexibility index (Phi) is 4.02. The molecule has 16 heavy (non-hydrogen) atoms. The number of pyridine rings is 1. The Labute approximate surface area is 101 Å². The van der Waals surface area contributed by atoms with Crippen LogP contribution in [0.3, 0.4) is 0 Å². The van der Waals surface area contributed by atoms with Crippen molar-refractivity contribution in [1.82, 2.24) is 4.98 Å². The van der Waals surface area contributed by atoms with E-state index in [1.165, 1.54) is 24.1 Å². The van der Waals surface area contributed by atoms with E-state index >= 15 is 0 Å². The molecule has 1 aliphatic carbocycles. The minimum absolute atomic E-state index is 0.0138. The van der Waals surface area contributed by atoms with E-state index in [9.17, 15) is 0 Å². The van der Waals surface area contributed by atoms with Crippen molar-refractivity contribution in [1.29, 1.82) is 0 Å². The average Bonchev–Trinajstić information content (AvgIpc) is 2.74. The van der Waals surface area contributed by atoms with Crippen molar-refractivity contribution < 1.29 is 4.74 Å². The lowest BCUT2D eigenvalue weighted by molar-refractivity contribution is 0.200. The van der Waals surface area contributed by atoms with Crippen LogP contribution in [-0.2, 0) is 17.6 Å². The van der Waals surface area contributed by atoms with Crippen LogP contribution in [0.5, 0.6) is 0 Å². The highest BCUT2D eigenvalue weighted by molar-refractivity contribution is 6.21. The van der Waals surface area contributed by atoms with Crippen LogP contribution < -0.4 is 5.32 Å². The van der Waals surface area contributed by atoms with Crippen molar-refractivity contribution in [3.05, 3.63) is 23.4 Å². The molecule has 0 bridgehead atoms. The number of aryl methyl sites for hydroxylation is 2. The van der Waals surface area contributed by atoms with Gasteiger partial charge in [0, 0.05) is 19.3 Å². The minimum Gasteiger partial charge on any atom is -0.383 e. The maximum absolute atomic E-state index is 6.03. The largest absolute Gasteiger partial charge is 0.383 e. The van der Waals surface area contributed by atoms with Crippen LogP contribution in [0.2, 0.25) is 0 Å². The number of halogens is 1. The van der Waals surface area contributed by atoms with Crippen molar-refractivity contribution >= 4 is 17.4 Å². The van der Waals surface area contributed by atoms with Gasteiger partial charge in [-0.25, -0.2) is 4.98 Å². The first-order valence-electron chi connectivity index (χ1n) is 5.65. The summed E-state index contributed by atoms with van der Waals surface area (Å²) in [4.78, 5) is 4.57. The predicted molar refractivity (Wildman–Crippen MR) is 66.3 cm³/mol. The Hall–Kier alpha value is -0.800. The fraction of sp³-hybridized carbons (Fsp3) is 0.583. The van der Waals surface area contributed by atoms with Gasteiger partial charge in [0.2, 0.25) is 0 Å². The molecule has 1 atom stereocenters. The van der Waals surface area contributed by atoms with Gasteiger partial charge >= 0.3 is 0 Å². The number of alkyl halides is 1. The fourth-order valence-corrected chi connectivity index (χ4v) is 2.18. The molecule has 3 nitrogen and oxygen atoms in total. The first-order valence-corrected chi connectivity index (χ1v) is 6.09. The zero-order valence-electron chi connectivity index (χ0n) is 9.50. The highest BCUT2D eigenvalue weighted by Crippen LogP contribution is 2.21. The Morgan fingerprint density at radius 1 is 1.50 bits per heavy atom. The second kappa shape index (κ2) is 5.51. The zero-order valence-corrected chi connectivity index (χ0v) is 10.3. The zero-order chi connectivity index (χ0) is 11.4. The second-order valence-corrected chi connectivity index (χ2v) is 4.71. The molecule has 1 aliphatic rings. The van der Waals surface area contributed by atoms with Gasteiger partial charge in [-0.05, 0) is 30.9 Å². The molecule has 0 aliphatic heterocycles. The molecule has 1 unspecified atom stereocenters. The van der Waals surface area contributed by atoms with Gasteiger partial charge in [0.1, 0.15) is 5.82 Å². The number of methoxy groups -OCH3 is 1. The second-order valence-electron chi connectivity index (χ2n) is 4.09. The van der Waals surface area contributed by atoms with E-state index in [4.69, 9.17) is 16.3 Å². The molecule has 0 spiro atoms. The van der Waals surface area contributed by atoms with Gasteiger partial charge in [-0.15, -0.1) is 11.6 Å². The molecule has 0 aromatic carbocycles. The molecule has 0 fully saturated rings. The number of rotatable bonds is 5. The quantitative estimate of drug-likeness (QED) is 0.802. The Balaban J connectivity index is 1.90. The Morgan fingerprint density at radius 3 is 3.19 bits per heavy atom. The normalized spacial score (nSPS) is 15.9. The maximum atomic E-state index is 6.03. The molecule has 0 amide bonds. The van der Waals surface area contributed by atoms with Crippen LogP contribution in [-0.4, -0.2) is 30.6 Å². The summed E-state index contributed by atoms with van der Waals surface area (Å²) in [5.41, 5.74) is 2.63. The van der Waals surface area contributed by atoms with Gasteiger partial charge in [-0.1, -0.05) is 6.07 Å². The first-order chi connectivity index (χ1) is 7.79. The monoisotopic (exact) mass is 240 g/mol. The van der Waals surface area contributed by atoms with E-state index in [-0.39, 0.29) is 5.38 Å². The highest BCUT2D eigenvalue weighted by Gasteiger charge is 2.12. The van der Waals surface area contributed by atoms with E-state index in [0.717, 1.165) is 12.2 Å². The Morgan fingerprint density at radius 2 is 2.38 bits per heavy atom. The third-order valence-corrected chi connectivity index (χ3v) is 3.06. The molecule has 1 N–H and O–H groups in total. The standard InChI is InChI=1S/C12H17ClN2O/c1-16-8-10(13)7-14-12-6-5-9-3-2-4-11(9)15-12/h5-6,10H,2-4,7-8H2,1H3,(H,14,15).